The Balaban J connectivity index is 2.36. The Morgan fingerprint density at radius 3 is 2.59 bits per heavy atom. The molecule has 0 aromatic carbocycles. The molecule has 0 spiro atoms. The fraction of sp³-hybridized carbons (Fsp3) is 0.923. The van der Waals surface area contributed by atoms with Crippen LogP contribution in [0.4, 0.5) is 0 Å². The van der Waals surface area contributed by atoms with Gasteiger partial charge in [0, 0.05) is 19.5 Å². The summed E-state index contributed by atoms with van der Waals surface area (Å²) in [5, 5.41) is 9.82. The molecular weight excluding hydrogens is 216 g/mol. The number of nitrogens with two attached hydrogens (primary N) is 1. The van der Waals surface area contributed by atoms with Gasteiger partial charge in [0.2, 0.25) is 5.91 Å². The van der Waals surface area contributed by atoms with Crippen molar-refractivity contribution in [2.24, 2.45) is 11.1 Å². The van der Waals surface area contributed by atoms with Crippen LogP contribution < -0.4 is 5.73 Å². The number of carbonyl (C=O) groups is 1. The zero-order chi connectivity index (χ0) is 13.1. The van der Waals surface area contributed by atoms with Gasteiger partial charge in [-0.3, -0.25) is 4.79 Å². The molecule has 0 bridgehead atoms. The van der Waals surface area contributed by atoms with E-state index in [2.05, 4.69) is 13.8 Å². The van der Waals surface area contributed by atoms with Gasteiger partial charge < -0.3 is 15.7 Å². The number of amides is 1. The Bertz CT molecular complexity index is 275. The van der Waals surface area contributed by atoms with E-state index < -0.39 is 5.60 Å². The maximum atomic E-state index is 12.0. The minimum Gasteiger partial charge on any atom is -0.388 e. The zero-order valence-electron chi connectivity index (χ0n) is 11.3. The Morgan fingerprint density at radius 2 is 2.12 bits per heavy atom. The highest BCUT2D eigenvalue weighted by atomic mass is 16.3. The Kier molecular flexibility index (Phi) is 4.55. The van der Waals surface area contributed by atoms with Crippen molar-refractivity contribution in [1.29, 1.82) is 0 Å². The first-order valence-electron chi connectivity index (χ1n) is 6.46. The van der Waals surface area contributed by atoms with Gasteiger partial charge in [-0.25, -0.2) is 0 Å². The molecule has 1 saturated heterocycles. The van der Waals surface area contributed by atoms with E-state index in [0.717, 1.165) is 12.8 Å². The number of carbonyl (C=O) groups excluding carboxylic acids is 1. The molecule has 1 aliphatic heterocycles. The van der Waals surface area contributed by atoms with Crippen molar-refractivity contribution in [2.45, 2.75) is 52.1 Å². The van der Waals surface area contributed by atoms with Crippen molar-refractivity contribution in [3.05, 3.63) is 0 Å². The van der Waals surface area contributed by atoms with Crippen molar-refractivity contribution in [3.63, 3.8) is 0 Å². The Labute approximate surface area is 104 Å². The molecule has 3 N–H and O–H groups in total. The molecule has 100 valence electrons. The molecule has 1 heterocycles. The first-order chi connectivity index (χ1) is 7.76. The summed E-state index contributed by atoms with van der Waals surface area (Å²) in [4.78, 5) is 13.7. The molecule has 1 unspecified atom stereocenters. The molecule has 0 aliphatic carbocycles. The highest BCUT2D eigenvalue weighted by Gasteiger charge is 2.34. The van der Waals surface area contributed by atoms with Crippen LogP contribution in [0.3, 0.4) is 0 Å². The van der Waals surface area contributed by atoms with Crippen LogP contribution in [0.15, 0.2) is 0 Å². The predicted molar refractivity (Wildman–Crippen MR) is 68.5 cm³/mol. The van der Waals surface area contributed by atoms with Gasteiger partial charge in [0.25, 0.3) is 0 Å². The van der Waals surface area contributed by atoms with Crippen LogP contribution in [0, 0.1) is 5.41 Å². The molecule has 17 heavy (non-hydrogen) atoms. The largest absolute Gasteiger partial charge is 0.388 e. The molecule has 1 aliphatic rings. The first-order valence-corrected chi connectivity index (χ1v) is 6.46. The van der Waals surface area contributed by atoms with Crippen LogP contribution in [-0.4, -0.2) is 41.1 Å². The molecular formula is C13H26N2O2. The topological polar surface area (TPSA) is 66.6 Å². The lowest BCUT2D eigenvalue weighted by Crippen LogP contribution is -2.34. The minimum absolute atomic E-state index is 0.132. The number of β-amino-alcohol motifs (C(OH)–C–C–N with tert-alkyl or cyclic N) is 1. The minimum atomic E-state index is -0.692. The van der Waals surface area contributed by atoms with E-state index in [4.69, 9.17) is 5.73 Å². The van der Waals surface area contributed by atoms with Gasteiger partial charge in [-0.15, -0.1) is 0 Å². The second kappa shape index (κ2) is 5.36. The molecule has 4 nitrogen and oxygen atoms in total. The highest BCUT2D eigenvalue weighted by molar-refractivity contribution is 5.76. The highest BCUT2D eigenvalue weighted by Crippen LogP contribution is 2.27. The molecule has 0 aromatic rings. The van der Waals surface area contributed by atoms with Gasteiger partial charge in [0.05, 0.1) is 5.60 Å². The molecule has 0 aromatic heterocycles. The van der Waals surface area contributed by atoms with Crippen LogP contribution >= 0.6 is 0 Å². The summed E-state index contributed by atoms with van der Waals surface area (Å²) in [6.07, 6.45) is 3.05. The summed E-state index contributed by atoms with van der Waals surface area (Å²) < 4.78 is 0. The maximum Gasteiger partial charge on any atom is 0.222 e. The van der Waals surface area contributed by atoms with Crippen LogP contribution in [0.1, 0.15) is 46.5 Å². The monoisotopic (exact) mass is 242 g/mol. The Hall–Kier alpha value is -0.610. The van der Waals surface area contributed by atoms with E-state index in [1.54, 1.807) is 11.8 Å². The first kappa shape index (κ1) is 14.5. The smallest absolute Gasteiger partial charge is 0.222 e. The number of aliphatic hydroxyl groups is 1. The van der Waals surface area contributed by atoms with Crippen molar-refractivity contribution in [2.75, 3.05) is 19.6 Å². The standard InChI is InChI=1S/C13H26N2O2/c1-12(2,6-8-14)5-4-11(16)15-9-7-13(3,17)10-15/h17H,4-10,14H2,1-3H3. The van der Waals surface area contributed by atoms with E-state index in [-0.39, 0.29) is 11.3 Å². The lowest BCUT2D eigenvalue weighted by molar-refractivity contribution is -0.131. The second-order valence-corrected chi connectivity index (χ2v) is 6.27. The lowest BCUT2D eigenvalue weighted by Gasteiger charge is -2.25. The van der Waals surface area contributed by atoms with Gasteiger partial charge >= 0.3 is 0 Å². The molecule has 1 amide bonds. The van der Waals surface area contributed by atoms with E-state index in [1.165, 1.54) is 0 Å². The van der Waals surface area contributed by atoms with Gasteiger partial charge in [0.15, 0.2) is 0 Å². The van der Waals surface area contributed by atoms with Gasteiger partial charge in [-0.05, 0) is 38.1 Å². The van der Waals surface area contributed by atoms with Gasteiger partial charge in [-0.1, -0.05) is 13.8 Å². The predicted octanol–water partition coefficient (Wildman–Crippen LogP) is 1.12. The van der Waals surface area contributed by atoms with Crippen molar-refractivity contribution < 1.29 is 9.90 Å². The quantitative estimate of drug-likeness (QED) is 0.759. The van der Waals surface area contributed by atoms with E-state index in [0.29, 0.717) is 32.5 Å². The lowest BCUT2D eigenvalue weighted by atomic mass is 9.84. The van der Waals surface area contributed by atoms with E-state index in [1.807, 2.05) is 0 Å². The van der Waals surface area contributed by atoms with E-state index in [9.17, 15) is 9.90 Å². The molecule has 0 radical (unpaired) electrons. The number of likely N-dealkylation sites (tertiary alicyclic amines) is 1. The maximum absolute atomic E-state index is 12.0. The summed E-state index contributed by atoms with van der Waals surface area (Å²) in [5.41, 5.74) is 4.99. The number of hydrogen-bond donors (Lipinski definition) is 2. The molecule has 0 saturated carbocycles. The van der Waals surface area contributed by atoms with Crippen LogP contribution in [-0.2, 0) is 4.79 Å². The molecule has 4 heteroatoms. The van der Waals surface area contributed by atoms with Crippen LogP contribution in [0.2, 0.25) is 0 Å². The van der Waals surface area contributed by atoms with Crippen LogP contribution in [0.5, 0.6) is 0 Å². The summed E-state index contributed by atoms with van der Waals surface area (Å²) in [6, 6.07) is 0. The summed E-state index contributed by atoms with van der Waals surface area (Å²) >= 11 is 0. The molecule has 1 fully saturated rings. The van der Waals surface area contributed by atoms with Crippen molar-refractivity contribution >= 4 is 5.91 Å². The van der Waals surface area contributed by atoms with Gasteiger partial charge in [0.1, 0.15) is 0 Å². The average Bonchev–Trinajstić information content (AvgIpc) is 2.55. The second-order valence-electron chi connectivity index (χ2n) is 6.27. The van der Waals surface area contributed by atoms with Crippen LogP contribution in [0.25, 0.3) is 0 Å². The molecule has 1 rings (SSSR count). The van der Waals surface area contributed by atoms with Crippen molar-refractivity contribution in [1.82, 2.24) is 4.90 Å². The SMILES string of the molecule is CC(C)(CCN)CCC(=O)N1CCC(C)(O)C1. The summed E-state index contributed by atoms with van der Waals surface area (Å²) in [5.74, 6) is 0.160. The fourth-order valence-electron chi connectivity index (χ4n) is 2.28. The summed E-state index contributed by atoms with van der Waals surface area (Å²) in [6.45, 7) is 7.91. The van der Waals surface area contributed by atoms with Gasteiger partial charge in [-0.2, -0.15) is 0 Å². The third-order valence-electron chi connectivity index (χ3n) is 3.64. The molecule has 1 atom stereocenters. The normalized spacial score (nSPS) is 25.4. The average molecular weight is 242 g/mol. The number of hydrogen-bond acceptors (Lipinski definition) is 3. The third-order valence-corrected chi connectivity index (χ3v) is 3.64. The Morgan fingerprint density at radius 1 is 1.47 bits per heavy atom. The number of nitrogens with zero attached hydrogens (tertiary/aromatic N) is 1. The fourth-order valence-corrected chi connectivity index (χ4v) is 2.28. The number of rotatable bonds is 5. The zero-order valence-corrected chi connectivity index (χ0v) is 11.3. The summed E-state index contributed by atoms with van der Waals surface area (Å²) in [7, 11) is 0. The van der Waals surface area contributed by atoms with E-state index >= 15 is 0 Å². The third kappa shape index (κ3) is 4.64. The van der Waals surface area contributed by atoms with Crippen molar-refractivity contribution in [3.8, 4) is 0 Å².